The predicted molar refractivity (Wildman–Crippen MR) is 149 cm³/mol. The summed E-state index contributed by atoms with van der Waals surface area (Å²) >= 11 is 6.15. The minimum Gasteiger partial charge on any atom is -0.483 e. The maximum Gasteiger partial charge on any atom is 0.424 e. The number of aliphatic imine (C=N–C) groups is 1. The van der Waals surface area contributed by atoms with Gasteiger partial charge in [-0.3, -0.25) is 14.6 Å². The lowest BCUT2D eigenvalue weighted by Gasteiger charge is -2.31. The zero-order valence-corrected chi connectivity index (χ0v) is 23.2. The number of aliphatic hydroxyl groups is 1. The van der Waals surface area contributed by atoms with E-state index in [1.54, 1.807) is 0 Å². The number of primary amides is 1. The van der Waals surface area contributed by atoms with Crippen molar-refractivity contribution in [3.05, 3.63) is 75.7 Å². The Balaban J connectivity index is 1.40. The zero-order chi connectivity index (χ0) is 31.8. The number of alkyl halides is 4. The van der Waals surface area contributed by atoms with Crippen molar-refractivity contribution in [2.75, 3.05) is 12.3 Å². The van der Waals surface area contributed by atoms with Crippen LogP contribution in [0.5, 0.6) is 5.75 Å². The number of nitrogen functional groups attached to an aromatic ring is 1. The van der Waals surface area contributed by atoms with Gasteiger partial charge in [-0.1, -0.05) is 11.6 Å². The summed E-state index contributed by atoms with van der Waals surface area (Å²) in [6, 6.07) is 7.62. The third kappa shape index (κ3) is 4.63. The highest BCUT2D eigenvalue weighted by atomic mass is 35.5. The molecule has 2 amide bonds. The van der Waals surface area contributed by atoms with E-state index in [-0.39, 0.29) is 50.4 Å². The summed E-state index contributed by atoms with van der Waals surface area (Å²) < 4.78 is 77.9. The number of fused-ring (bicyclic) bond motifs is 3. The first kappa shape index (κ1) is 29.8. The Morgan fingerprint density at radius 2 is 1.89 bits per heavy atom. The van der Waals surface area contributed by atoms with Crippen LogP contribution in [0.4, 0.5) is 27.6 Å². The van der Waals surface area contributed by atoms with Crippen molar-refractivity contribution in [2.45, 2.75) is 48.4 Å². The first-order valence-corrected chi connectivity index (χ1v) is 13.7. The molecule has 44 heavy (non-hydrogen) atoms. The van der Waals surface area contributed by atoms with E-state index < -0.39 is 59.3 Å². The Labute approximate surface area is 251 Å². The van der Waals surface area contributed by atoms with Crippen molar-refractivity contribution in [1.29, 1.82) is 0 Å². The molecular formula is C29H23ClF5N5O4. The summed E-state index contributed by atoms with van der Waals surface area (Å²) in [7, 11) is 0. The Kier molecular flexibility index (Phi) is 6.85. The summed E-state index contributed by atoms with van der Waals surface area (Å²) in [6.07, 6.45) is -5.64. The Morgan fingerprint density at radius 3 is 2.50 bits per heavy atom. The summed E-state index contributed by atoms with van der Waals surface area (Å²) in [6.45, 7) is -1.45. The molecule has 2 fully saturated rings. The molecule has 1 aromatic heterocycles. The van der Waals surface area contributed by atoms with Gasteiger partial charge in [-0.15, -0.1) is 0 Å². The minimum absolute atomic E-state index is 0.0401. The minimum atomic E-state index is -5.46. The van der Waals surface area contributed by atoms with E-state index in [2.05, 4.69) is 15.3 Å². The van der Waals surface area contributed by atoms with E-state index in [0.717, 1.165) is 31.0 Å². The second-order valence-electron chi connectivity index (χ2n) is 10.9. The second kappa shape index (κ2) is 10.1. The molecule has 2 aliphatic carbocycles. The number of rotatable bonds is 8. The highest BCUT2D eigenvalue weighted by molar-refractivity contribution is 6.34. The number of nitrogens with two attached hydrogens (primary N) is 2. The van der Waals surface area contributed by atoms with Gasteiger partial charge in [0.05, 0.1) is 29.0 Å². The molecule has 2 aromatic carbocycles. The molecule has 0 saturated heterocycles. The van der Waals surface area contributed by atoms with Gasteiger partial charge in [0, 0.05) is 28.5 Å². The molecule has 0 radical (unpaired) electrons. The van der Waals surface area contributed by atoms with E-state index in [9.17, 15) is 36.6 Å². The third-order valence-electron chi connectivity index (χ3n) is 8.02. The van der Waals surface area contributed by atoms with Gasteiger partial charge in [0.15, 0.2) is 23.4 Å². The van der Waals surface area contributed by atoms with Gasteiger partial charge in [-0.2, -0.15) is 13.2 Å². The number of benzene rings is 2. The molecule has 4 atom stereocenters. The van der Waals surface area contributed by atoms with Crippen molar-refractivity contribution < 1.29 is 41.4 Å². The van der Waals surface area contributed by atoms with Gasteiger partial charge in [-0.25, -0.2) is 13.8 Å². The number of anilines is 1. The number of aromatic nitrogens is 1. The van der Waals surface area contributed by atoms with E-state index in [0.29, 0.717) is 6.07 Å². The lowest BCUT2D eigenvalue weighted by atomic mass is 9.88. The van der Waals surface area contributed by atoms with Crippen LogP contribution in [0.1, 0.15) is 40.0 Å². The lowest BCUT2D eigenvalue weighted by Crippen LogP contribution is -2.51. The van der Waals surface area contributed by atoms with E-state index in [1.165, 1.54) is 24.4 Å². The number of pyridine rings is 1. The molecule has 9 nitrogen and oxygen atoms in total. The van der Waals surface area contributed by atoms with Crippen molar-refractivity contribution >= 4 is 35.3 Å². The number of carbonyl (C=O) groups excluding carboxylic acids is 2. The van der Waals surface area contributed by atoms with Gasteiger partial charge in [-0.05, 0) is 55.3 Å². The maximum absolute atomic E-state index is 14.8. The van der Waals surface area contributed by atoms with Crippen molar-refractivity contribution in [2.24, 2.45) is 10.7 Å². The number of hydrogen-bond acceptors (Lipinski definition) is 7. The van der Waals surface area contributed by atoms with Crippen LogP contribution in [0.2, 0.25) is 5.02 Å². The molecule has 15 heteroatoms. The number of amides is 2. The molecule has 3 aliphatic rings. The van der Waals surface area contributed by atoms with Crippen LogP contribution in [-0.2, 0) is 15.8 Å². The first-order chi connectivity index (χ1) is 20.7. The monoisotopic (exact) mass is 635 g/mol. The molecule has 2 saturated carbocycles. The van der Waals surface area contributed by atoms with E-state index >= 15 is 0 Å². The number of carbonyl (C=O) groups is 2. The van der Waals surface area contributed by atoms with Crippen molar-refractivity contribution in [1.82, 2.24) is 10.3 Å². The number of halogens is 6. The van der Waals surface area contributed by atoms with Crippen LogP contribution in [0.15, 0.2) is 47.5 Å². The topological polar surface area (TPSA) is 153 Å². The fourth-order valence-corrected chi connectivity index (χ4v) is 5.44. The quantitative estimate of drug-likeness (QED) is 0.168. The van der Waals surface area contributed by atoms with Crippen LogP contribution >= 0.6 is 11.6 Å². The van der Waals surface area contributed by atoms with Crippen molar-refractivity contribution in [3.8, 4) is 17.0 Å². The van der Waals surface area contributed by atoms with Gasteiger partial charge in [0.1, 0.15) is 11.5 Å². The fraction of sp³-hybridized carbons (Fsp3) is 0.310. The molecule has 3 aromatic rings. The molecular weight excluding hydrogens is 613 g/mol. The number of hydrogen-bond donors (Lipinski definition) is 4. The van der Waals surface area contributed by atoms with Crippen LogP contribution in [0.3, 0.4) is 0 Å². The van der Waals surface area contributed by atoms with E-state index in [1.807, 2.05) is 0 Å². The average Bonchev–Trinajstić information content (AvgIpc) is 3.86. The van der Waals surface area contributed by atoms with E-state index in [4.69, 9.17) is 27.8 Å². The highest BCUT2D eigenvalue weighted by Crippen LogP contribution is 2.62. The molecule has 6 N–H and O–H groups in total. The third-order valence-corrected chi connectivity index (χ3v) is 8.33. The van der Waals surface area contributed by atoms with Gasteiger partial charge < -0.3 is 26.6 Å². The molecule has 0 spiro atoms. The number of nitrogens with one attached hydrogen (secondary N) is 1. The molecule has 2 unspecified atom stereocenters. The molecule has 0 bridgehead atoms. The average molecular weight is 636 g/mol. The SMILES string of the molecule is NC(=O)[C@]12c3cc([C@@](O)(CNC(=O)c4cc(Cl)c(N)c(C=NC5CC5)c4)C(F)(F)F)nc(-c4ccc(F)cc4)c3OC1C2F. The maximum atomic E-state index is 14.8. The normalized spacial score (nSPS) is 23.4. The number of ether oxygens (including phenoxy) is 1. The number of nitrogens with zero attached hydrogens (tertiary/aromatic N) is 2. The Hall–Kier alpha value is -4.30. The standard InChI is InChI=1S/C29H23ClF5N5O4/c30-18-8-13(7-14(20(18)36)10-38-16-5-6-16)25(41)39-11-27(43,29(33,34)35)19-9-17-22(44-24-23(32)28(17,24)26(37)42)21(40-19)12-1-3-15(31)4-2-12/h1-4,7-10,16,23-24,43H,5-6,11,36H2,(H2,37,42)(H,39,41)/t23?,24?,27-,28-/m0/s1. The van der Waals surface area contributed by atoms with Gasteiger partial charge >= 0.3 is 6.18 Å². The zero-order valence-electron chi connectivity index (χ0n) is 22.5. The van der Waals surface area contributed by atoms with Crippen LogP contribution in [0.25, 0.3) is 11.3 Å². The molecule has 6 rings (SSSR count). The summed E-state index contributed by atoms with van der Waals surface area (Å²) in [5.74, 6) is -3.13. The Bertz CT molecular complexity index is 1730. The van der Waals surface area contributed by atoms with Gasteiger partial charge in [0.2, 0.25) is 11.5 Å². The molecule has 2 heterocycles. The van der Waals surface area contributed by atoms with Crippen molar-refractivity contribution in [3.63, 3.8) is 0 Å². The fourth-order valence-electron chi connectivity index (χ4n) is 5.21. The van der Waals surface area contributed by atoms with Gasteiger partial charge in [0.25, 0.3) is 5.91 Å². The molecule has 1 aliphatic heterocycles. The smallest absolute Gasteiger partial charge is 0.424 e. The summed E-state index contributed by atoms with van der Waals surface area (Å²) in [5, 5.41) is 13.2. The summed E-state index contributed by atoms with van der Waals surface area (Å²) in [5.41, 5.74) is 3.97. The highest BCUT2D eigenvalue weighted by Gasteiger charge is 2.78. The second-order valence-corrected chi connectivity index (χ2v) is 11.3. The van der Waals surface area contributed by atoms with Crippen LogP contribution in [-0.4, -0.2) is 59.2 Å². The summed E-state index contributed by atoms with van der Waals surface area (Å²) in [4.78, 5) is 33.7. The Morgan fingerprint density at radius 1 is 1.20 bits per heavy atom. The lowest BCUT2D eigenvalue weighted by molar-refractivity contribution is -0.265. The first-order valence-electron chi connectivity index (χ1n) is 13.3. The van der Waals surface area contributed by atoms with Crippen LogP contribution < -0.4 is 21.5 Å². The van der Waals surface area contributed by atoms with Crippen LogP contribution in [0, 0.1) is 5.82 Å². The predicted octanol–water partition coefficient (Wildman–Crippen LogP) is 3.72. The largest absolute Gasteiger partial charge is 0.483 e. The molecule has 230 valence electrons.